The highest BCUT2D eigenvalue weighted by Gasteiger charge is 2.14. The zero-order chi connectivity index (χ0) is 14.7. The Morgan fingerprint density at radius 2 is 2.14 bits per heavy atom. The fourth-order valence-electron chi connectivity index (χ4n) is 1.88. The number of rotatable bonds is 4. The zero-order valence-corrected chi connectivity index (χ0v) is 12.1. The molecule has 1 N–H and O–H groups in total. The van der Waals surface area contributed by atoms with Crippen LogP contribution in [0, 0.1) is 0 Å². The van der Waals surface area contributed by atoms with Gasteiger partial charge in [0.25, 0.3) is 0 Å². The number of hydrogen-bond donors (Lipinski definition) is 1. The number of nitrogens with one attached hydrogen (secondary N) is 1. The Bertz CT molecular complexity index is 729. The molecule has 0 bridgehead atoms. The van der Waals surface area contributed by atoms with E-state index in [9.17, 15) is 0 Å². The van der Waals surface area contributed by atoms with Crippen molar-refractivity contribution in [3.05, 3.63) is 59.6 Å². The summed E-state index contributed by atoms with van der Waals surface area (Å²) in [5.74, 6) is 1.93. The summed E-state index contributed by atoms with van der Waals surface area (Å²) in [6.45, 7) is 1.90. The highest BCUT2D eigenvalue weighted by Crippen LogP contribution is 2.23. The SMILES string of the molecule is C[C@@H](Oc1cccc(Cl)c1)c1nc(-c2cccnc2)n[nH]1. The average molecular weight is 301 g/mol. The van der Waals surface area contributed by atoms with Gasteiger partial charge in [-0.2, -0.15) is 5.10 Å². The summed E-state index contributed by atoms with van der Waals surface area (Å²) in [6.07, 6.45) is 3.17. The maximum Gasteiger partial charge on any atom is 0.182 e. The van der Waals surface area contributed by atoms with Crippen LogP contribution >= 0.6 is 11.6 Å². The van der Waals surface area contributed by atoms with Crippen molar-refractivity contribution in [2.24, 2.45) is 0 Å². The number of halogens is 1. The van der Waals surface area contributed by atoms with Crippen molar-refractivity contribution in [1.82, 2.24) is 20.2 Å². The van der Waals surface area contributed by atoms with Gasteiger partial charge >= 0.3 is 0 Å². The van der Waals surface area contributed by atoms with Gasteiger partial charge in [0.05, 0.1) is 0 Å². The predicted molar refractivity (Wildman–Crippen MR) is 80.1 cm³/mol. The monoisotopic (exact) mass is 300 g/mol. The lowest BCUT2D eigenvalue weighted by atomic mass is 10.3. The number of aromatic amines is 1. The Labute approximate surface area is 127 Å². The molecule has 106 valence electrons. The van der Waals surface area contributed by atoms with E-state index in [4.69, 9.17) is 16.3 Å². The number of pyridine rings is 1. The minimum absolute atomic E-state index is 0.263. The van der Waals surface area contributed by atoms with Gasteiger partial charge in [-0.25, -0.2) is 4.98 Å². The minimum atomic E-state index is -0.263. The normalized spacial score (nSPS) is 12.1. The molecular weight excluding hydrogens is 288 g/mol. The molecule has 0 saturated heterocycles. The first-order valence-electron chi connectivity index (χ1n) is 6.47. The van der Waals surface area contributed by atoms with Crippen LogP contribution in [0.15, 0.2) is 48.8 Å². The molecule has 0 aliphatic rings. The van der Waals surface area contributed by atoms with Gasteiger partial charge in [0.2, 0.25) is 0 Å². The van der Waals surface area contributed by atoms with Crippen molar-refractivity contribution in [2.75, 3.05) is 0 Å². The van der Waals surface area contributed by atoms with E-state index in [0.29, 0.717) is 22.4 Å². The van der Waals surface area contributed by atoms with Gasteiger partial charge in [-0.1, -0.05) is 17.7 Å². The Kier molecular flexibility index (Phi) is 3.83. The molecule has 3 aromatic rings. The van der Waals surface area contributed by atoms with E-state index >= 15 is 0 Å². The summed E-state index contributed by atoms with van der Waals surface area (Å²) in [4.78, 5) is 8.49. The largest absolute Gasteiger partial charge is 0.483 e. The topological polar surface area (TPSA) is 63.7 Å². The van der Waals surface area contributed by atoms with Gasteiger partial charge in [-0.3, -0.25) is 10.1 Å². The van der Waals surface area contributed by atoms with Gasteiger partial charge in [-0.15, -0.1) is 0 Å². The van der Waals surface area contributed by atoms with Crippen LogP contribution in [0.5, 0.6) is 5.75 Å². The molecule has 3 rings (SSSR count). The molecule has 0 fully saturated rings. The molecule has 2 aromatic heterocycles. The van der Waals surface area contributed by atoms with Crippen LogP contribution in [0.25, 0.3) is 11.4 Å². The van der Waals surface area contributed by atoms with Crippen LogP contribution in [0.2, 0.25) is 5.02 Å². The van der Waals surface area contributed by atoms with Gasteiger partial charge in [0.1, 0.15) is 5.75 Å². The second-order valence-electron chi connectivity index (χ2n) is 4.50. The summed E-state index contributed by atoms with van der Waals surface area (Å²) >= 11 is 5.94. The van der Waals surface area contributed by atoms with Gasteiger partial charge in [0, 0.05) is 23.0 Å². The zero-order valence-electron chi connectivity index (χ0n) is 11.3. The molecule has 1 aromatic carbocycles. The quantitative estimate of drug-likeness (QED) is 0.798. The molecule has 6 heteroatoms. The van der Waals surface area contributed by atoms with Gasteiger partial charge in [0.15, 0.2) is 17.8 Å². The second-order valence-corrected chi connectivity index (χ2v) is 4.94. The van der Waals surface area contributed by atoms with Crippen LogP contribution in [0.3, 0.4) is 0 Å². The molecule has 0 spiro atoms. The predicted octanol–water partition coefficient (Wildman–Crippen LogP) is 3.66. The van der Waals surface area contributed by atoms with E-state index in [1.54, 1.807) is 24.5 Å². The third-order valence-corrected chi connectivity index (χ3v) is 3.15. The van der Waals surface area contributed by atoms with Crippen LogP contribution in [-0.4, -0.2) is 20.2 Å². The van der Waals surface area contributed by atoms with E-state index in [1.807, 2.05) is 31.2 Å². The number of benzene rings is 1. The maximum atomic E-state index is 5.94. The van der Waals surface area contributed by atoms with E-state index in [2.05, 4.69) is 20.2 Å². The van der Waals surface area contributed by atoms with Crippen molar-refractivity contribution in [2.45, 2.75) is 13.0 Å². The molecule has 1 atom stereocenters. The molecule has 0 aliphatic heterocycles. The van der Waals surface area contributed by atoms with E-state index in [-0.39, 0.29) is 6.10 Å². The fourth-order valence-corrected chi connectivity index (χ4v) is 2.06. The summed E-state index contributed by atoms with van der Waals surface area (Å²) in [6, 6.07) is 11.0. The van der Waals surface area contributed by atoms with Crippen LogP contribution in [0.1, 0.15) is 18.9 Å². The molecule has 2 heterocycles. The lowest BCUT2D eigenvalue weighted by Gasteiger charge is -2.11. The van der Waals surface area contributed by atoms with Crippen molar-refractivity contribution < 1.29 is 4.74 Å². The van der Waals surface area contributed by atoms with Gasteiger partial charge in [-0.05, 0) is 37.3 Å². The van der Waals surface area contributed by atoms with Crippen molar-refractivity contribution in [1.29, 1.82) is 0 Å². The van der Waals surface area contributed by atoms with Crippen molar-refractivity contribution in [3.63, 3.8) is 0 Å². The molecule has 0 saturated carbocycles. The van der Waals surface area contributed by atoms with E-state index < -0.39 is 0 Å². The van der Waals surface area contributed by atoms with Crippen molar-refractivity contribution in [3.8, 4) is 17.1 Å². The number of ether oxygens (including phenoxy) is 1. The molecular formula is C15H13ClN4O. The molecule has 0 radical (unpaired) electrons. The molecule has 21 heavy (non-hydrogen) atoms. The van der Waals surface area contributed by atoms with Crippen LogP contribution < -0.4 is 4.74 Å². The number of hydrogen-bond acceptors (Lipinski definition) is 4. The maximum absolute atomic E-state index is 5.94. The summed E-state index contributed by atoms with van der Waals surface area (Å²) in [5, 5.41) is 7.71. The van der Waals surface area contributed by atoms with Crippen molar-refractivity contribution >= 4 is 11.6 Å². The molecule has 0 aliphatic carbocycles. The summed E-state index contributed by atoms with van der Waals surface area (Å²) in [5.41, 5.74) is 0.856. The summed E-state index contributed by atoms with van der Waals surface area (Å²) in [7, 11) is 0. The first-order chi connectivity index (χ1) is 10.2. The highest BCUT2D eigenvalue weighted by atomic mass is 35.5. The summed E-state index contributed by atoms with van der Waals surface area (Å²) < 4.78 is 5.80. The van der Waals surface area contributed by atoms with Crippen LogP contribution in [0.4, 0.5) is 0 Å². The van der Waals surface area contributed by atoms with E-state index in [0.717, 1.165) is 5.56 Å². The first-order valence-corrected chi connectivity index (χ1v) is 6.85. The third kappa shape index (κ3) is 3.20. The Balaban J connectivity index is 1.77. The molecule has 0 amide bonds. The first kappa shape index (κ1) is 13.6. The molecule has 0 unspecified atom stereocenters. The fraction of sp³-hybridized carbons (Fsp3) is 0.133. The lowest BCUT2D eigenvalue weighted by Crippen LogP contribution is -2.05. The number of aromatic nitrogens is 4. The third-order valence-electron chi connectivity index (χ3n) is 2.92. The lowest BCUT2D eigenvalue weighted by molar-refractivity contribution is 0.217. The molecule has 5 nitrogen and oxygen atoms in total. The minimum Gasteiger partial charge on any atom is -0.483 e. The Morgan fingerprint density at radius 3 is 2.90 bits per heavy atom. The average Bonchev–Trinajstić information content (AvgIpc) is 2.98. The highest BCUT2D eigenvalue weighted by molar-refractivity contribution is 6.30. The Hall–Kier alpha value is -2.40. The van der Waals surface area contributed by atoms with Crippen LogP contribution in [-0.2, 0) is 0 Å². The van der Waals surface area contributed by atoms with Gasteiger partial charge < -0.3 is 4.74 Å². The number of nitrogens with zero attached hydrogens (tertiary/aromatic N) is 3. The van der Waals surface area contributed by atoms with E-state index in [1.165, 1.54) is 0 Å². The Morgan fingerprint density at radius 1 is 1.24 bits per heavy atom. The second kappa shape index (κ2) is 5.93. The number of H-pyrrole nitrogens is 1. The smallest absolute Gasteiger partial charge is 0.182 e. The standard InChI is InChI=1S/C15H13ClN4O/c1-10(21-13-6-2-5-12(16)8-13)14-18-15(20-19-14)11-4-3-7-17-9-11/h2-10H,1H3,(H,18,19,20)/t10-/m1/s1.